The molecular formula is C16H14N2O2. The first-order chi connectivity index (χ1) is 9.53. The zero-order chi connectivity index (χ0) is 14.3. The van der Waals surface area contributed by atoms with Crippen LogP contribution < -0.4 is 10.6 Å². The molecule has 3 rings (SSSR count). The van der Waals surface area contributed by atoms with Crippen molar-refractivity contribution in [3.05, 3.63) is 60.2 Å². The highest BCUT2D eigenvalue weighted by Gasteiger charge is 2.47. The zero-order valence-electron chi connectivity index (χ0n) is 11.0. The van der Waals surface area contributed by atoms with Crippen LogP contribution in [0.3, 0.4) is 0 Å². The number of fused-ring (bicyclic) bond motifs is 1. The number of benzene rings is 2. The molecule has 2 aromatic carbocycles. The van der Waals surface area contributed by atoms with Crippen molar-refractivity contribution in [3.8, 4) is 0 Å². The van der Waals surface area contributed by atoms with Gasteiger partial charge in [0.15, 0.2) is 11.3 Å². The van der Waals surface area contributed by atoms with Crippen molar-refractivity contribution < 1.29 is 9.59 Å². The summed E-state index contributed by atoms with van der Waals surface area (Å²) in [5.74, 6) is -0.752. The van der Waals surface area contributed by atoms with Crippen LogP contribution in [0.25, 0.3) is 0 Å². The molecule has 20 heavy (non-hydrogen) atoms. The second-order valence-corrected chi connectivity index (χ2v) is 5.02. The van der Waals surface area contributed by atoms with Crippen molar-refractivity contribution in [2.24, 2.45) is 5.73 Å². The number of para-hydroxylation sites is 2. The molecule has 1 amide bonds. The summed E-state index contributed by atoms with van der Waals surface area (Å²) in [6, 6.07) is 16.2. The Morgan fingerprint density at radius 2 is 1.55 bits per heavy atom. The van der Waals surface area contributed by atoms with Gasteiger partial charge in [-0.3, -0.25) is 14.5 Å². The Morgan fingerprint density at radius 1 is 0.950 bits per heavy atom. The highest BCUT2D eigenvalue weighted by Crippen LogP contribution is 2.36. The lowest BCUT2D eigenvalue weighted by Gasteiger charge is -2.37. The maximum Gasteiger partial charge on any atom is 0.259 e. The van der Waals surface area contributed by atoms with Crippen LogP contribution in [0, 0.1) is 0 Å². The number of amides is 1. The van der Waals surface area contributed by atoms with Crippen molar-refractivity contribution in [2.45, 2.75) is 12.5 Å². The van der Waals surface area contributed by atoms with Crippen LogP contribution in [0.2, 0.25) is 0 Å². The maximum absolute atomic E-state index is 12.6. The number of carbonyl (C=O) groups is 2. The molecule has 0 aromatic heterocycles. The number of nitrogens with zero attached hydrogens (tertiary/aromatic N) is 1. The molecular weight excluding hydrogens is 252 g/mol. The number of nitrogens with two attached hydrogens (primary N) is 1. The van der Waals surface area contributed by atoms with Crippen molar-refractivity contribution in [3.63, 3.8) is 0 Å². The van der Waals surface area contributed by atoms with Gasteiger partial charge in [-0.05, 0) is 31.2 Å². The molecule has 4 heteroatoms. The molecule has 4 nitrogen and oxygen atoms in total. The lowest BCUT2D eigenvalue weighted by atomic mass is 9.85. The molecule has 1 atom stereocenters. The van der Waals surface area contributed by atoms with Crippen molar-refractivity contribution in [2.75, 3.05) is 4.90 Å². The minimum absolute atomic E-state index is 0.342. The number of carbonyl (C=O) groups excluding carboxylic acids is 2. The molecule has 0 saturated carbocycles. The van der Waals surface area contributed by atoms with Gasteiger partial charge >= 0.3 is 0 Å². The van der Waals surface area contributed by atoms with E-state index in [1.54, 1.807) is 24.3 Å². The molecule has 0 radical (unpaired) electrons. The molecule has 1 unspecified atom stereocenters. The third-order valence-corrected chi connectivity index (χ3v) is 3.52. The second kappa shape index (κ2) is 4.28. The first-order valence-corrected chi connectivity index (χ1v) is 6.36. The Kier molecular flexibility index (Phi) is 2.69. The van der Waals surface area contributed by atoms with Gasteiger partial charge in [0.1, 0.15) is 0 Å². The number of Topliss-reactive ketones (excluding diaryl/α,β-unsaturated/α-hetero) is 1. The average molecular weight is 266 g/mol. The van der Waals surface area contributed by atoms with E-state index in [-0.39, 0.29) is 5.78 Å². The largest absolute Gasteiger partial charge is 0.311 e. The summed E-state index contributed by atoms with van der Waals surface area (Å²) in [6.45, 7) is 1.46. The third-order valence-electron chi connectivity index (χ3n) is 3.52. The fraction of sp³-hybridized carbons (Fsp3) is 0.125. The maximum atomic E-state index is 12.6. The van der Waals surface area contributed by atoms with Crippen molar-refractivity contribution >= 4 is 23.1 Å². The van der Waals surface area contributed by atoms with Gasteiger partial charge in [0, 0.05) is 11.3 Å². The number of rotatable bonds is 1. The highest BCUT2D eigenvalue weighted by atomic mass is 16.2. The van der Waals surface area contributed by atoms with Crippen LogP contribution in [-0.4, -0.2) is 17.2 Å². The van der Waals surface area contributed by atoms with Crippen LogP contribution in [0.1, 0.15) is 17.3 Å². The van der Waals surface area contributed by atoms with Gasteiger partial charge in [-0.15, -0.1) is 0 Å². The Labute approximate surface area is 116 Å². The number of hydrogen-bond acceptors (Lipinski definition) is 3. The second-order valence-electron chi connectivity index (χ2n) is 5.02. The van der Waals surface area contributed by atoms with E-state index in [0.29, 0.717) is 16.9 Å². The normalized spacial score (nSPS) is 21.8. The molecule has 0 fully saturated rings. The van der Waals surface area contributed by atoms with Gasteiger partial charge in [0.25, 0.3) is 5.91 Å². The fourth-order valence-corrected chi connectivity index (χ4v) is 2.41. The lowest BCUT2D eigenvalue weighted by molar-refractivity contribution is -0.121. The van der Waals surface area contributed by atoms with Crippen LogP contribution in [-0.2, 0) is 4.79 Å². The Bertz CT molecular complexity index is 693. The van der Waals surface area contributed by atoms with E-state index in [4.69, 9.17) is 5.73 Å². The standard InChI is InChI=1S/C16H14N2O2/c1-16(17)14(19)12-9-5-6-10-13(12)18(15(16)20)11-7-3-2-4-8-11/h2-10H,17H2,1H3. The molecule has 2 N–H and O–H groups in total. The molecule has 0 spiro atoms. The minimum atomic E-state index is -1.54. The summed E-state index contributed by atoms with van der Waals surface area (Å²) in [4.78, 5) is 26.5. The van der Waals surface area contributed by atoms with E-state index < -0.39 is 11.4 Å². The molecule has 0 bridgehead atoms. The summed E-state index contributed by atoms with van der Waals surface area (Å²) in [7, 11) is 0. The molecule has 0 saturated heterocycles. The summed E-state index contributed by atoms with van der Waals surface area (Å²) >= 11 is 0. The first-order valence-electron chi connectivity index (χ1n) is 6.36. The fourth-order valence-electron chi connectivity index (χ4n) is 2.41. The molecule has 100 valence electrons. The topological polar surface area (TPSA) is 63.4 Å². The summed E-state index contributed by atoms with van der Waals surface area (Å²) in [6.07, 6.45) is 0. The van der Waals surface area contributed by atoms with E-state index in [9.17, 15) is 9.59 Å². The predicted octanol–water partition coefficient (Wildman–Crippen LogP) is 2.27. The number of anilines is 2. The highest BCUT2D eigenvalue weighted by molar-refractivity contribution is 6.29. The Balaban J connectivity index is 2.26. The lowest BCUT2D eigenvalue weighted by Crippen LogP contribution is -2.60. The van der Waals surface area contributed by atoms with Gasteiger partial charge in [-0.25, -0.2) is 0 Å². The predicted molar refractivity (Wildman–Crippen MR) is 77.0 cm³/mol. The van der Waals surface area contributed by atoms with E-state index >= 15 is 0 Å². The molecule has 2 aromatic rings. The van der Waals surface area contributed by atoms with Gasteiger partial charge in [0.05, 0.1) is 5.69 Å². The van der Waals surface area contributed by atoms with Gasteiger partial charge in [0.2, 0.25) is 0 Å². The van der Waals surface area contributed by atoms with Gasteiger partial charge < -0.3 is 5.73 Å². The average Bonchev–Trinajstić information content (AvgIpc) is 2.47. The number of ketones is 1. The van der Waals surface area contributed by atoms with E-state index in [1.165, 1.54) is 11.8 Å². The van der Waals surface area contributed by atoms with Crippen molar-refractivity contribution in [1.82, 2.24) is 0 Å². The molecule has 1 aliphatic heterocycles. The van der Waals surface area contributed by atoms with Crippen molar-refractivity contribution in [1.29, 1.82) is 0 Å². The van der Waals surface area contributed by atoms with E-state index in [0.717, 1.165) is 0 Å². The van der Waals surface area contributed by atoms with Crippen LogP contribution in [0.5, 0.6) is 0 Å². The zero-order valence-corrected chi connectivity index (χ0v) is 11.0. The smallest absolute Gasteiger partial charge is 0.259 e. The number of hydrogen-bond donors (Lipinski definition) is 1. The summed E-state index contributed by atoms with van der Waals surface area (Å²) in [5.41, 5.74) is 6.19. The summed E-state index contributed by atoms with van der Waals surface area (Å²) < 4.78 is 0. The van der Waals surface area contributed by atoms with Gasteiger partial charge in [-0.2, -0.15) is 0 Å². The van der Waals surface area contributed by atoms with Gasteiger partial charge in [-0.1, -0.05) is 30.3 Å². The molecule has 0 aliphatic carbocycles. The third kappa shape index (κ3) is 1.66. The van der Waals surface area contributed by atoms with E-state index in [2.05, 4.69) is 0 Å². The summed E-state index contributed by atoms with van der Waals surface area (Å²) in [5, 5.41) is 0. The minimum Gasteiger partial charge on any atom is -0.311 e. The molecule has 1 aliphatic rings. The van der Waals surface area contributed by atoms with Crippen LogP contribution in [0.4, 0.5) is 11.4 Å². The van der Waals surface area contributed by atoms with Crippen LogP contribution in [0.15, 0.2) is 54.6 Å². The monoisotopic (exact) mass is 266 g/mol. The molecule has 1 heterocycles. The quantitative estimate of drug-likeness (QED) is 0.805. The van der Waals surface area contributed by atoms with E-state index in [1.807, 2.05) is 30.3 Å². The first kappa shape index (κ1) is 12.6. The Morgan fingerprint density at radius 3 is 2.25 bits per heavy atom. The SMILES string of the molecule is CC1(N)C(=O)c2ccccc2N(c2ccccc2)C1=O. The Hall–Kier alpha value is -2.46. The van der Waals surface area contributed by atoms with Crippen LogP contribution >= 0.6 is 0 Å².